The molecule has 0 saturated carbocycles. The fourth-order valence-electron chi connectivity index (χ4n) is 6.67. The van der Waals surface area contributed by atoms with Gasteiger partial charge in [0.25, 0.3) is 0 Å². The highest BCUT2D eigenvalue weighted by Gasteiger charge is 2.44. The van der Waals surface area contributed by atoms with Crippen LogP contribution in [0.5, 0.6) is 0 Å². The Morgan fingerprint density at radius 2 is 1.70 bits per heavy atom. The van der Waals surface area contributed by atoms with Gasteiger partial charge in [-0.1, -0.05) is 12.1 Å². The SMILES string of the molecule is N#Cc1nccc(N2CCC3(CC2)CN(Cc2ccc(-n4c(-c5cccnc5N)nc5cnc(-c6ccc(F)cn6)nc54)cc2)C3)n1. The number of rotatable bonds is 6. The summed E-state index contributed by atoms with van der Waals surface area (Å²) in [5.74, 6) is 1.93. The number of hydrogen-bond donors (Lipinski definition) is 1. The van der Waals surface area contributed by atoms with Gasteiger partial charge in [-0.3, -0.25) is 9.47 Å². The first-order valence-electron chi connectivity index (χ1n) is 15.4. The molecule has 0 atom stereocenters. The van der Waals surface area contributed by atoms with Crippen LogP contribution in [0.4, 0.5) is 16.0 Å². The fourth-order valence-corrected chi connectivity index (χ4v) is 6.67. The third-order valence-corrected chi connectivity index (χ3v) is 9.04. The van der Waals surface area contributed by atoms with E-state index in [4.69, 9.17) is 21.0 Å². The lowest BCUT2D eigenvalue weighted by Gasteiger charge is -2.54. The van der Waals surface area contributed by atoms with Crippen molar-refractivity contribution in [3.05, 3.63) is 96.6 Å². The van der Waals surface area contributed by atoms with E-state index in [1.807, 2.05) is 28.8 Å². The number of likely N-dealkylation sites (tertiary alicyclic amines) is 1. The molecule has 6 aromatic rings. The molecule has 7 heterocycles. The number of imidazole rings is 1. The number of nitrogens with two attached hydrogens (primary N) is 1. The maximum absolute atomic E-state index is 13.5. The van der Waals surface area contributed by atoms with E-state index in [0.717, 1.165) is 63.3 Å². The van der Waals surface area contributed by atoms with Gasteiger partial charge in [0.1, 0.15) is 34.7 Å². The van der Waals surface area contributed by atoms with Crippen LogP contribution >= 0.6 is 0 Å². The Morgan fingerprint density at radius 3 is 2.45 bits per heavy atom. The molecule has 5 aromatic heterocycles. The van der Waals surface area contributed by atoms with Gasteiger partial charge in [0, 0.05) is 50.8 Å². The van der Waals surface area contributed by atoms with Gasteiger partial charge in [-0.25, -0.2) is 39.3 Å². The predicted octanol–water partition coefficient (Wildman–Crippen LogP) is 4.42. The van der Waals surface area contributed by atoms with Crippen LogP contribution in [0.15, 0.2) is 79.4 Å². The quantitative estimate of drug-likeness (QED) is 0.280. The molecule has 232 valence electrons. The third kappa shape index (κ3) is 5.38. The minimum absolute atomic E-state index is 0.211. The normalized spacial score (nSPS) is 15.9. The van der Waals surface area contributed by atoms with Crippen molar-refractivity contribution < 1.29 is 4.39 Å². The molecule has 1 aromatic carbocycles. The van der Waals surface area contributed by atoms with Crippen LogP contribution in [0.25, 0.3) is 39.8 Å². The summed E-state index contributed by atoms with van der Waals surface area (Å²) in [5, 5.41) is 9.15. The summed E-state index contributed by atoms with van der Waals surface area (Å²) in [4.78, 5) is 35.7. The van der Waals surface area contributed by atoms with Crippen molar-refractivity contribution in [1.29, 1.82) is 5.26 Å². The first-order chi connectivity index (χ1) is 23.0. The largest absolute Gasteiger partial charge is 0.383 e. The predicted molar refractivity (Wildman–Crippen MR) is 173 cm³/mol. The maximum Gasteiger partial charge on any atom is 0.234 e. The van der Waals surface area contributed by atoms with Crippen molar-refractivity contribution in [3.8, 4) is 34.7 Å². The van der Waals surface area contributed by atoms with Crippen molar-refractivity contribution in [1.82, 2.24) is 44.4 Å². The minimum Gasteiger partial charge on any atom is -0.383 e. The zero-order valence-corrected chi connectivity index (χ0v) is 25.3. The van der Waals surface area contributed by atoms with E-state index in [2.05, 4.69) is 59.0 Å². The smallest absolute Gasteiger partial charge is 0.234 e. The van der Waals surface area contributed by atoms with Gasteiger partial charge in [-0.15, -0.1) is 0 Å². The summed E-state index contributed by atoms with van der Waals surface area (Å²) in [6.45, 7) is 4.83. The highest BCUT2D eigenvalue weighted by Crippen LogP contribution is 2.42. The van der Waals surface area contributed by atoms with Gasteiger partial charge in [-0.05, 0) is 66.3 Å². The summed E-state index contributed by atoms with van der Waals surface area (Å²) < 4.78 is 15.5. The summed E-state index contributed by atoms with van der Waals surface area (Å²) in [7, 11) is 0. The standard InChI is InChI=1S/C34H29FN12/c35-23-5-8-26(40-17-23)31-41-18-27-33(44-31)47(32(42-27)25-2-1-12-39-30(25)37)24-6-3-22(4-7-24)19-45-20-34(21-45)10-14-46(15-11-34)29-9-13-38-28(16-36)43-29/h1-9,12-13,17-18H,10-11,14-15,19-21H2,(H2,37,39). The molecular formula is C34H29FN12. The minimum atomic E-state index is -0.428. The number of nitriles is 1. The molecule has 13 heteroatoms. The Labute approximate surface area is 269 Å². The lowest BCUT2D eigenvalue weighted by Crippen LogP contribution is -2.59. The number of nitrogen functional groups attached to an aromatic ring is 1. The Bertz CT molecular complexity index is 2120. The van der Waals surface area contributed by atoms with Crippen LogP contribution in [0.1, 0.15) is 24.2 Å². The van der Waals surface area contributed by atoms with E-state index in [0.29, 0.717) is 45.3 Å². The molecular weight excluding hydrogens is 595 g/mol. The van der Waals surface area contributed by atoms with Crippen LogP contribution in [0, 0.1) is 22.6 Å². The monoisotopic (exact) mass is 624 g/mol. The molecule has 0 aliphatic carbocycles. The summed E-state index contributed by atoms with van der Waals surface area (Å²) >= 11 is 0. The van der Waals surface area contributed by atoms with Gasteiger partial charge < -0.3 is 10.6 Å². The highest BCUT2D eigenvalue weighted by molar-refractivity contribution is 5.83. The third-order valence-electron chi connectivity index (χ3n) is 9.04. The lowest BCUT2D eigenvalue weighted by atomic mass is 9.72. The number of nitrogens with zero attached hydrogens (tertiary/aromatic N) is 11. The number of hydrogen-bond acceptors (Lipinski definition) is 11. The molecule has 1 spiro atoms. The Balaban J connectivity index is 1.02. The molecule has 2 aliphatic heterocycles. The van der Waals surface area contributed by atoms with Gasteiger partial charge in [0.15, 0.2) is 17.3 Å². The average Bonchev–Trinajstić information content (AvgIpc) is 3.47. The van der Waals surface area contributed by atoms with Crippen LogP contribution in [-0.4, -0.2) is 70.5 Å². The van der Waals surface area contributed by atoms with Crippen LogP contribution in [-0.2, 0) is 6.54 Å². The second kappa shape index (κ2) is 11.5. The Kier molecular flexibility index (Phi) is 6.99. The van der Waals surface area contributed by atoms with Crippen LogP contribution in [0.2, 0.25) is 0 Å². The molecule has 0 bridgehead atoms. The second-order valence-corrected chi connectivity index (χ2v) is 12.1. The number of fused-ring (bicyclic) bond motifs is 1. The molecule has 2 N–H and O–H groups in total. The van der Waals surface area contributed by atoms with Gasteiger partial charge in [0.05, 0.1) is 18.0 Å². The van der Waals surface area contributed by atoms with Crippen molar-refractivity contribution in [2.24, 2.45) is 5.41 Å². The van der Waals surface area contributed by atoms with Crippen molar-refractivity contribution in [2.75, 3.05) is 36.8 Å². The van der Waals surface area contributed by atoms with E-state index in [1.165, 1.54) is 11.6 Å². The lowest BCUT2D eigenvalue weighted by molar-refractivity contribution is -0.0240. The van der Waals surface area contributed by atoms with E-state index in [-0.39, 0.29) is 5.82 Å². The number of benzene rings is 1. The molecule has 8 rings (SSSR count). The molecule has 2 fully saturated rings. The van der Waals surface area contributed by atoms with E-state index < -0.39 is 5.82 Å². The molecule has 12 nitrogen and oxygen atoms in total. The maximum atomic E-state index is 13.5. The average molecular weight is 625 g/mol. The Morgan fingerprint density at radius 1 is 0.872 bits per heavy atom. The number of pyridine rings is 2. The van der Waals surface area contributed by atoms with E-state index in [9.17, 15) is 4.39 Å². The summed E-state index contributed by atoms with van der Waals surface area (Å²) in [6.07, 6.45) is 8.29. The van der Waals surface area contributed by atoms with Crippen LogP contribution < -0.4 is 10.6 Å². The van der Waals surface area contributed by atoms with E-state index >= 15 is 0 Å². The van der Waals surface area contributed by atoms with E-state index in [1.54, 1.807) is 24.7 Å². The van der Waals surface area contributed by atoms with Crippen molar-refractivity contribution >= 4 is 22.8 Å². The molecule has 0 amide bonds. The van der Waals surface area contributed by atoms with Gasteiger partial charge in [0.2, 0.25) is 5.82 Å². The Hall–Kier alpha value is -5.87. The zero-order valence-electron chi connectivity index (χ0n) is 25.3. The number of piperidine rings is 1. The molecule has 47 heavy (non-hydrogen) atoms. The topological polar surface area (TPSA) is 151 Å². The highest BCUT2D eigenvalue weighted by atomic mass is 19.1. The summed E-state index contributed by atoms with van der Waals surface area (Å²) in [5.41, 5.74) is 11.0. The van der Waals surface area contributed by atoms with Gasteiger partial charge >= 0.3 is 0 Å². The zero-order chi connectivity index (χ0) is 32.0. The number of halogens is 1. The molecule has 0 radical (unpaired) electrons. The first-order valence-corrected chi connectivity index (χ1v) is 15.4. The summed E-state index contributed by atoms with van der Waals surface area (Å²) in [6, 6.07) is 18.9. The van der Waals surface area contributed by atoms with Crippen molar-refractivity contribution in [3.63, 3.8) is 0 Å². The molecule has 2 aliphatic rings. The van der Waals surface area contributed by atoms with Gasteiger partial charge in [-0.2, -0.15) is 5.26 Å². The first kappa shape index (κ1) is 28.6. The fraction of sp³-hybridized carbons (Fsp3) is 0.235. The molecule has 2 saturated heterocycles. The van der Waals surface area contributed by atoms with Crippen molar-refractivity contribution in [2.45, 2.75) is 19.4 Å². The second-order valence-electron chi connectivity index (χ2n) is 12.1. The molecule has 0 unspecified atom stereocenters. The van der Waals surface area contributed by atoms with Crippen LogP contribution in [0.3, 0.4) is 0 Å². The number of anilines is 2. The number of aromatic nitrogens is 8.